The molecule has 0 saturated carbocycles. The van der Waals surface area contributed by atoms with Crippen LogP contribution < -0.4 is 0 Å². The van der Waals surface area contributed by atoms with Crippen LogP contribution in [0.4, 0.5) is 8.78 Å². The molecule has 0 saturated heterocycles. The van der Waals surface area contributed by atoms with Crippen LogP contribution in [0.15, 0.2) is 0 Å². The van der Waals surface area contributed by atoms with E-state index in [1.54, 1.807) is 0 Å². The fourth-order valence-electron chi connectivity index (χ4n) is 0.620. The minimum Gasteiger partial charge on any atom is -0.477 e. The van der Waals surface area contributed by atoms with E-state index < -0.39 is 33.2 Å². The first-order chi connectivity index (χ1) is 6.21. The number of hydrogen-bond donors (Lipinski definition) is 1. The summed E-state index contributed by atoms with van der Waals surface area (Å²) in [6.45, 7) is -0.238. The molecule has 0 heterocycles. The SMILES string of the molecule is COCCS(=O)(=O)CC(F)(F)C(=O)O. The van der Waals surface area contributed by atoms with Crippen molar-refractivity contribution < 1.29 is 31.8 Å². The van der Waals surface area contributed by atoms with E-state index in [9.17, 15) is 22.0 Å². The Morgan fingerprint density at radius 3 is 2.36 bits per heavy atom. The largest absolute Gasteiger partial charge is 0.477 e. The summed E-state index contributed by atoms with van der Waals surface area (Å²) < 4.78 is 51.1. The van der Waals surface area contributed by atoms with E-state index in [-0.39, 0.29) is 6.61 Å². The standard InChI is InChI=1S/C6H10F2O5S/c1-13-2-3-14(11,12)4-6(7,8)5(9)10/h2-4H2,1H3,(H,9,10). The van der Waals surface area contributed by atoms with Crippen LogP contribution in [0.1, 0.15) is 0 Å². The first-order valence-corrected chi connectivity index (χ1v) is 5.34. The van der Waals surface area contributed by atoms with Gasteiger partial charge in [-0.3, -0.25) is 0 Å². The quantitative estimate of drug-likeness (QED) is 0.684. The predicted molar refractivity (Wildman–Crippen MR) is 43.1 cm³/mol. The van der Waals surface area contributed by atoms with Crippen LogP contribution in [0.3, 0.4) is 0 Å². The summed E-state index contributed by atoms with van der Waals surface area (Å²) in [5.41, 5.74) is 0. The second kappa shape index (κ2) is 4.65. The zero-order valence-electron chi connectivity index (χ0n) is 7.37. The number of methoxy groups -OCH3 is 1. The van der Waals surface area contributed by atoms with Crippen LogP contribution in [0, 0.1) is 0 Å². The van der Waals surface area contributed by atoms with Gasteiger partial charge in [-0.15, -0.1) is 0 Å². The highest BCUT2D eigenvalue weighted by molar-refractivity contribution is 7.91. The molecule has 0 spiro atoms. The molecule has 0 unspecified atom stereocenters. The van der Waals surface area contributed by atoms with Gasteiger partial charge in [0.2, 0.25) is 0 Å². The summed E-state index contributed by atoms with van der Waals surface area (Å²) >= 11 is 0. The predicted octanol–water partition coefficient (Wildman–Crippen LogP) is -0.232. The summed E-state index contributed by atoms with van der Waals surface area (Å²) in [7, 11) is -2.89. The van der Waals surface area contributed by atoms with E-state index >= 15 is 0 Å². The van der Waals surface area contributed by atoms with Gasteiger partial charge in [0.25, 0.3) is 0 Å². The van der Waals surface area contributed by atoms with Crippen LogP contribution in [0.25, 0.3) is 0 Å². The molecule has 0 aliphatic rings. The maximum Gasteiger partial charge on any atom is 0.375 e. The maximum atomic E-state index is 12.4. The Morgan fingerprint density at radius 2 is 2.00 bits per heavy atom. The van der Waals surface area contributed by atoms with Gasteiger partial charge in [0.1, 0.15) is 5.75 Å². The molecule has 84 valence electrons. The molecule has 0 amide bonds. The Kier molecular flexibility index (Phi) is 4.40. The summed E-state index contributed by atoms with van der Waals surface area (Å²) in [6, 6.07) is 0. The molecule has 0 atom stereocenters. The van der Waals surface area contributed by atoms with Crippen LogP contribution in [0.5, 0.6) is 0 Å². The third-order valence-electron chi connectivity index (χ3n) is 1.31. The molecule has 0 aromatic carbocycles. The summed E-state index contributed by atoms with van der Waals surface area (Å²) in [5.74, 6) is -9.00. The molecule has 0 fully saturated rings. The van der Waals surface area contributed by atoms with Crippen molar-refractivity contribution in [2.45, 2.75) is 5.92 Å². The van der Waals surface area contributed by atoms with Crippen molar-refractivity contribution in [3.05, 3.63) is 0 Å². The summed E-state index contributed by atoms with van der Waals surface area (Å²) in [4.78, 5) is 9.93. The Balaban J connectivity index is 4.43. The lowest BCUT2D eigenvalue weighted by atomic mass is 10.4. The van der Waals surface area contributed by atoms with E-state index in [1.807, 2.05) is 0 Å². The molecular formula is C6H10F2O5S. The van der Waals surface area contributed by atoms with E-state index in [1.165, 1.54) is 7.11 Å². The second-order valence-electron chi connectivity index (χ2n) is 2.59. The molecule has 0 aliphatic heterocycles. The maximum absolute atomic E-state index is 12.4. The van der Waals surface area contributed by atoms with E-state index in [2.05, 4.69) is 4.74 Å². The molecule has 5 nitrogen and oxygen atoms in total. The Morgan fingerprint density at radius 1 is 1.50 bits per heavy atom. The number of hydrogen-bond acceptors (Lipinski definition) is 4. The number of carbonyl (C=O) groups is 1. The van der Waals surface area contributed by atoms with Crippen LogP contribution in [-0.2, 0) is 19.4 Å². The molecule has 1 N–H and O–H groups in total. The third kappa shape index (κ3) is 4.47. The first-order valence-electron chi connectivity index (χ1n) is 3.52. The fraction of sp³-hybridized carbons (Fsp3) is 0.833. The van der Waals surface area contributed by atoms with Gasteiger partial charge in [-0.1, -0.05) is 0 Å². The van der Waals surface area contributed by atoms with Crippen LogP contribution in [0.2, 0.25) is 0 Å². The highest BCUT2D eigenvalue weighted by atomic mass is 32.2. The van der Waals surface area contributed by atoms with Gasteiger partial charge in [-0.2, -0.15) is 8.78 Å². The zero-order chi connectivity index (χ0) is 11.4. The lowest BCUT2D eigenvalue weighted by Gasteiger charge is -2.10. The fourth-order valence-corrected chi connectivity index (χ4v) is 1.86. The summed E-state index contributed by atoms with van der Waals surface area (Å²) in [6.07, 6.45) is 0. The first kappa shape index (κ1) is 13.2. The van der Waals surface area contributed by atoms with Crippen molar-refractivity contribution in [1.82, 2.24) is 0 Å². The number of carboxylic acid groups (broad SMARTS) is 1. The molecule has 14 heavy (non-hydrogen) atoms. The molecule has 8 heteroatoms. The van der Waals surface area contributed by atoms with Gasteiger partial charge in [-0.25, -0.2) is 13.2 Å². The average Bonchev–Trinajstić information content (AvgIpc) is 1.99. The van der Waals surface area contributed by atoms with Crippen LogP contribution >= 0.6 is 0 Å². The number of ether oxygens (including phenoxy) is 1. The molecule has 0 radical (unpaired) electrons. The van der Waals surface area contributed by atoms with E-state index in [0.717, 1.165) is 0 Å². The van der Waals surface area contributed by atoms with Crippen molar-refractivity contribution >= 4 is 15.8 Å². The molecule has 0 bridgehead atoms. The number of rotatable bonds is 6. The summed E-state index contributed by atoms with van der Waals surface area (Å²) in [5, 5.41) is 7.98. The highest BCUT2D eigenvalue weighted by Crippen LogP contribution is 2.16. The molecule has 0 aromatic rings. The molecule has 0 rings (SSSR count). The highest BCUT2D eigenvalue weighted by Gasteiger charge is 2.43. The number of sulfone groups is 1. The Bertz CT molecular complexity index is 297. The van der Waals surface area contributed by atoms with E-state index in [4.69, 9.17) is 5.11 Å². The third-order valence-corrected chi connectivity index (χ3v) is 2.90. The van der Waals surface area contributed by atoms with Gasteiger partial charge < -0.3 is 9.84 Å². The van der Waals surface area contributed by atoms with Crippen molar-refractivity contribution in [3.8, 4) is 0 Å². The van der Waals surface area contributed by atoms with Crippen molar-refractivity contribution in [2.75, 3.05) is 25.2 Å². The monoisotopic (exact) mass is 232 g/mol. The zero-order valence-corrected chi connectivity index (χ0v) is 8.18. The Hall–Kier alpha value is -0.760. The lowest BCUT2D eigenvalue weighted by Crippen LogP contribution is -2.37. The van der Waals surface area contributed by atoms with Gasteiger partial charge in [0, 0.05) is 7.11 Å². The topological polar surface area (TPSA) is 80.7 Å². The minimum atomic E-state index is -4.24. The Labute approximate surface area is 79.6 Å². The number of halogens is 2. The van der Waals surface area contributed by atoms with Crippen molar-refractivity contribution in [2.24, 2.45) is 0 Å². The smallest absolute Gasteiger partial charge is 0.375 e. The second-order valence-corrected chi connectivity index (χ2v) is 4.78. The van der Waals surface area contributed by atoms with Gasteiger partial charge >= 0.3 is 11.9 Å². The molecular weight excluding hydrogens is 222 g/mol. The molecule has 0 aliphatic carbocycles. The average molecular weight is 232 g/mol. The van der Waals surface area contributed by atoms with Gasteiger partial charge in [0.05, 0.1) is 12.4 Å². The number of carboxylic acids is 1. The minimum absolute atomic E-state index is 0.238. The number of alkyl halides is 2. The lowest BCUT2D eigenvalue weighted by molar-refractivity contribution is -0.161. The number of aliphatic carboxylic acids is 1. The van der Waals surface area contributed by atoms with Crippen molar-refractivity contribution in [1.29, 1.82) is 0 Å². The van der Waals surface area contributed by atoms with E-state index in [0.29, 0.717) is 0 Å². The molecule has 0 aromatic heterocycles. The normalized spacial score (nSPS) is 12.8. The van der Waals surface area contributed by atoms with Gasteiger partial charge in [-0.05, 0) is 0 Å². The van der Waals surface area contributed by atoms with Gasteiger partial charge in [0.15, 0.2) is 9.84 Å². The van der Waals surface area contributed by atoms with Crippen molar-refractivity contribution in [3.63, 3.8) is 0 Å². The van der Waals surface area contributed by atoms with Crippen LogP contribution in [-0.4, -0.2) is 50.6 Å².